The molecule has 1 aliphatic carbocycles. The van der Waals surface area contributed by atoms with Crippen LogP contribution >= 0.6 is 0 Å². The summed E-state index contributed by atoms with van der Waals surface area (Å²) in [6.45, 7) is -5.75. The Morgan fingerprint density at radius 2 is 0.831 bits per heavy atom. The van der Waals surface area contributed by atoms with Crippen molar-refractivity contribution in [2.75, 3.05) is 4.90 Å². The zero-order chi connectivity index (χ0) is 44.6. The van der Waals surface area contributed by atoms with Gasteiger partial charge in [0.15, 0.2) is 8.07 Å². The lowest BCUT2D eigenvalue weighted by Gasteiger charge is -2.31. The Labute approximate surface area is 357 Å². The molecular formula is C57H43NSi. The molecule has 2 heteroatoms. The number of benzene rings is 9. The summed E-state index contributed by atoms with van der Waals surface area (Å²) in [5.41, 5.74) is 8.87. The lowest BCUT2D eigenvalue weighted by Crippen LogP contribution is -2.72. The number of hydrogen-bond acceptors (Lipinski definition) is 1. The van der Waals surface area contributed by atoms with Gasteiger partial charge in [0.2, 0.25) is 0 Å². The van der Waals surface area contributed by atoms with Crippen molar-refractivity contribution >= 4 is 45.9 Å². The molecule has 0 spiro atoms. The Balaban J connectivity index is 1.05. The van der Waals surface area contributed by atoms with Gasteiger partial charge in [0, 0.05) is 30.7 Å². The molecule has 0 saturated carbocycles. The number of fused-ring (bicyclic) bond motifs is 6. The maximum absolute atomic E-state index is 8.88. The van der Waals surface area contributed by atoms with Gasteiger partial charge >= 0.3 is 0 Å². The summed E-state index contributed by atoms with van der Waals surface area (Å²) in [5.74, 6) is 0. The van der Waals surface area contributed by atoms with Gasteiger partial charge in [0.1, 0.15) is 0 Å². The standard InChI is InChI=1S/C57H43NSi/c1-57(2)53-25-12-9-22-49(53)50-37-36-46(39-54(50)57)58(44-32-28-41(29-33-44)40-16-5-3-6-17-40)45-34-30-42(31-35-45)43-18-15-21-48(38-43)59(47-19-7-4-8-20-47)55-26-13-10-23-51(55)52-24-11-14-27-56(52)59/h3-39H,1-2H3/i1D3,2D3. The van der Waals surface area contributed by atoms with Gasteiger partial charge in [-0.25, -0.2) is 0 Å². The summed E-state index contributed by atoms with van der Waals surface area (Å²) in [5, 5.41) is 5.45. The molecular weight excluding hydrogens is 727 g/mol. The number of nitrogens with zero attached hydrogens (tertiary/aromatic N) is 1. The van der Waals surface area contributed by atoms with E-state index in [-0.39, 0.29) is 5.56 Å². The summed E-state index contributed by atoms with van der Waals surface area (Å²) >= 11 is 0. The summed E-state index contributed by atoms with van der Waals surface area (Å²) in [6, 6.07) is 77.6. The molecule has 280 valence electrons. The van der Waals surface area contributed by atoms with E-state index in [9.17, 15) is 0 Å². The number of hydrogen-bond donors (Lipinski definition) is 0. The fourth-order valence-corrected chi connectivity index (χ4v) is 14.9. The van der Waals surface area contributed by atoms with Gasteiger partial charge in [-0.15, -0.1) is 0 Å². The summed E-state index contributed by atoms with van der Waals surface area (Å²) in [7, 11) is -2.70. The Morgan fingerprint density at radius 1 is 0.356 bits per heavy atom. The van der Waals surface area contributed by atoms with Gasteiger partial charge in [0.05, 0.1) is 0 Å². The molecule has 11 rings (SSSR count). The summed E-state index contributed by atoms with van der Waals surface area (Å²) in [6.07, 6.45) is 0. The second-order valence-corrected chi connectivity index (χ2v) is 19.3. The second kappa shape index (κ2) is 13.8. The average molecular weight is 776 g/mol. The third kappa shape index (κ3) is 5.51. The van der Waals surface area contributed by atoms with Crippen LogP contribution in [-0.2, 0) is 5.41 Å². The molecule has 9 aromatic rings. The minimum atomic E-state index is -2.87. The zero-order valence-electron chi connectivity index (χ0n) is 38.3. The van der Waals surface area contributed by atoms with E-state index in [0.29, 0.717) is 22.4 Å². The van der Waals surface area contributed by atoms with Crippen molar-refractivity contribution in [3.63, 3.8) is 0 Å². The monoisotopic (exact) mass is 775 g/mol. The molecule has 2 aliphatic rings. The van der Waals surface area contributed by atoms with Crippen LogP contribution < -0.4 is 25.6 Å². The van der Waals surface area contributed by atoms with Crippen LogP contribution in [0.4, 0.5) is 17.1 Å². The van der Waals surface area contributed by atoms with Crippen molar-refractivity contribution < 1.29 is 8.22 Å². The van der Waals surface area contributed by atoms with Crippen LogP contribution in [0.5, 0.6) is 0 Å². The first kappa shape index (κ1) is 29.2. The topological polar surface area (TPSA) is 3.24 Å². The molecule has 0 N–H and O–H groups in total. The molecule has 59 heavy (non-hydrogen) atoms. The zero-order valence-corrected chi connectivity index (χ0v) is 33.3. The van der Waals surface area contributed by atoms with E-state index in [1.165, 1.54) is 31.9 Å². The second-order valence-electron chi connectivity index (χ2n) is 15.6. The van der Waals surface area contributed by atoms with E-state index < -0.39 is 27.2 Å². The molecule has 0 bridgehead atoms. The van der Waals surface area contributed by atoms with Gasteiger partial charge in [-0.05, 0) is 113 Å². The van der Waals surface area contributed by atoms with Crippen molar-refractivity contribution in [1.29, 1.82) is 0 Å². The van der Waals surface area contributed by atoms with Gasteiger partial charge in [-0.2, -0.15) is 0 Å². The van der Waals surface area contributed by atoms with Crippen molar-refractivity contribution in [3.05, 3.63) is 236 Å². The lowest BCUT2D eigenvalue weighted by molar-refractivity contribution is 0.660. The predicted molar refractivity (Wildman–Crippen MR) is 252 cm³/mol. The fourth-order valence-electron chi connectivity index (χ4n) is 9.73. The first-order valence-electron chi connectivity index (χ1n) is 23.2. The Hall–Kier alpha value is -7.00. The molecule has 0 atom stereocenters. The highest BCUT2D eigenvalue weighted by molar-refractivity contribution is 7.22. The fraction of sp³-hybridized carbons (Fsp3) is 0.0526. The number of rotatable bonds is 7. The Bertz CT molecular complexity index is 3170. The quantitative estimate of drug-likeness (QED) is 0.146. The molecule has 9 aromatic carbocycles. The predicted octanol–water partition coefficient (Wildman–Crippen LogP) is 12.2. The molecule has 1 aliphatic heterocycles. The molecule has 0 aromatic heterocycles. The first-order chi connectivity index (χ1) is 31.5. The van der Waals surface area contributed by atoms with E-state index in [1.54, 1.807) is 18.2 Å². The SMILES string of the molecule is [2H]C([2H])([2H])C1(C([2H])([2H])[2H])c2ccccc2-c2ccc(N(c3ccc(-c4ccccc4)cc3)c3ccc(-c4cccc([Si]5(c6ccccc6)c6ccccc6-c6ccccc65)c4)cc3)cc21. The van der Waals surface area contributed by atoms with Crippen LogP contribution in [0.15, 0.2) is 224 Å². The van der Waals surface area contributed by atoms with Crippen molar-refractivity contribution in [2.24, 2.45) is 0 Å². The van der Waals surface area contributed by atoms with Crippen LogP contribution in [0.25, 0.3) is 44.5 Å². The highest BCUT2D eigenvalue weighted by Crippen LogP contribution is 2.50. The van der Waals surface area contributed by atoms with E-state index in [1.807, 2.05) is 42.5 Å². The normalized spacial score (nSPS) is 15.8. The Kier molecular flexibility index (Phi) is 6.86. The maximum Gasteiger partial charge on any atom is 0.180 e. The molecule has 0 saturated heterocycles. The molecule has 0 radical (unpaired) electrons. The van der Waals surface area contributed by atoms with E-state index in [0.717, 1.165) is 33.6 Å². The van der Waals surface area contributed by atoms with Crippen LogP contribution in [0.3, 0.4) is 0 Å². The van der Waals surface area contributed by atoms with Crippen molar-refractivity contribution in [2.45, 2.75) is 19.1 Å². The van der Waals surface area contributed by atoms with Gasteiger partial charge in [-0.1, -0.05) is 202 Å². The van der Waals surface area contributed by atoms with E-state index in [4.69, 9.17) is 8.22 Å². The minimum absolute atomic E-state index is 0.280. The summed E-state index contributed by atoms with van der Waals surface area (Å²) in [4.78, 5) is 2.09. The van der Waals surface area contributed by atoms with Crippen LogP contribution in [0, 0.1) is 0 Å². The van der Waals surface area contributed by atoms with E-state index in [2.05, 4.69) is 169 Å². The minimum Gasteiger partial charge on any atom is -0.310 e. The highest BCUT2D eigenvalue weighted by Gasteiger charge is 2.48. The average Bonchev–Trinajstić information content (AvgIpc) is 3.82. The van der Waals surface area contributed by atoms with E-state index >= 15 is 0 Å². The first-order valence-corrected chi connectivity index (χ1v) is 22.2. The third-order valence-corrected chi connectivity index (χ3v) is 17.3. The van der Waals surface area contributed by atoms with Crippen LogP contribution in [-0.4, -0.2) is 8.07 Å². The highest BCUT2D eigenvalue weighted by atomic mass is 28.3. The maximum atomic E-state index is 8.88. The Morgan fingerprint density at radius 3 is 1.47 bits per heavy atom. The smallest absolute Gasteiger partial charge is 0.180 e. The van der Waals surface area contributed by atoms with Gasteiger partial charge < -0.3 is 4.90 Å². The van der Waals surface area contributed by atoms with Crippen LogP contribution in [0.2, 0.25) is 0 Å². The molecule has 0 fully saturated rings. The van der Waals surface area contributed by atoms with Crippen molar-refractivity contribution in [3.8, 4) is 44.5 Å². The van der Waals surface area contributed by atoms with Gasteiger partial charge in [-0.3, -0.25) is 0 Å². The van der Waals surface area contributed by atoms with Gasteiger partial charge in [0.25, 0.3) is 0 Å². The summed E-state index contributed by atoms with van der Waals surface area (Å²) < 4.78 is 53.3. The largest absolute Gasteiger partial charge is 0.310 e. The van der Waals surface area contributed by atoms with Crippen LogP contribution in [0.1, 0.15) is 33.1 Å². The molecule has 1 nitrogen and oxygen atoms in total. The lowest BCUT2D eigenvalue weighted by atomic mass is 9.82. The molecule has 1 heterocycles. The number of anilines is 3. The third-order valence-electron chi connectivity index (χ3n) is 12.4. The molecule has 0 amide bonds. The molecule has 0 unspecified atom stereocenters. The van der Waals surface area contributed by atoms with Crippen molar-refractivity contribution in [1.82, 2.24) is 0 Å².